The van der Waals surface area contributed by atoms with Crippen molar-refractivity contribution in [1.82, 2.24) is 15.0 Å². The summed E-state index contributed by atoms with van der Waals surface area (Å²) >= 11 is 0. The van der Waals surface area contributed by atoms with Gasteiger partial charge in [-0.25, -0.2) is 15.0 Å². The number of aryl methyl sites for hydroxylation is 1. The maximum atomic E-state index is 13.7. The van der Waals surface area contributed by atoms with Crippen LogP contribution in [0.5, 0.6) is 0 Å². The van der Waals surface area contributed by atoms with E-state index in [0.717, 1.165) is 21.9 Å². The van der Waals surface area contributed by atoms with E-state index in [1.54, 1.807) is 6.07 Å². The number of pyridine rings is 1. The first-order valence-electron chi connectivity index (χ1n) is 11.1. The topological polar surface area (TPSA) is 85.3 Å². The average Bonchev–Trinajstić information content (AvgIpc) is 2.90. The average molecular weight is 463 g/mol. The van der Waals surface area contributed by atoms with Crippen molar-refractivity contribution in [3.8, 4) is 11.3 Å². The molecule has 0 fully saturated rings. The highest BCUT2D eigenvalue weighted by atomic mass is 16.5. The Morgan fingerprint density at radius 2 is 1.60 bits per heavy atom. The number of aromatic nitrogens is 3. The maximum Gasteiger partial charge on any atom is 0.325 e. The first-order valence-corrected chi connectivity index (χ1v) is 11.1. The van der Waals surface area contributed by atoms with E-state index in [9.17, 15) is 9.59 Å². The smallest absolute Gasteiger partial charge is 0.325 e. The fourth-order valence-corrected chi connectivity index (χ4v) is 3.92. The predicted octanol–water partition coefficient (Wildman–Crippen LogP) is 4.97. The van der Waals surface area contributed by atoms with Gasteiger partial charge in [0.1, 0.15) is 12.2 Å². The molecule has 2 heterocycles. The van der Waals surface area contributed by atoms with Crippen LogP contribution in [-0.4, -0.2) is 40.5 Å². The number of fused-ring (bicyclic) bond motifs is 2. The van der Waals surface area contributed by atoms with Crippen molar-refractivity contribution in [1.29, 1.82) is 0 Å². The minimum atomic E-state index is -0.590. The van der Waals surface area contributed by atoms with Crippen molar-refractivity contribution in [3.05, 3.63) is 96.2 Å². The van der Waals surface area contributed by atoms with Crippen molar-refractivity contribution in [2.45, 2.75) is 6.92 Å². The van der Waals surface area contributed by atoms with Crippen LogP contribution in [0.15, 0.2) is 84.9 Å². The SMILES string of the molecule is COC(=O)CN(C(=O)c1ccc2ccccc2n1)c1nc(-c2ccccc2)c2cc(C)ccc2n1. The van der Waals surface area contributed by atoms with Gasteiger partial charge in [-0.2, -0.15) is 0 Å². The lowest BCUT2D eigenvalue weighted by Crippen LogP contribution is -2.38. The van der Waals surface area contributed by atoms with E-state index >= 15 is 0 Å². The quantitative estimate of drug-likeness (QED) is 0.343. The van der Waals surface area contributed by atoms with Crippen LogP contribution in [-0.2, 0) is 9.53 Å². The van der Waals surface area contributed by atoms with Crippen LogP contribution in [0, 0.1) is 6.92 Å². The van der Waals surface area contributed by atoms with E-state index in [0.29, 0.717) is 16.7 Å². The Kier molecular flexibility index (Phi) is 5.89. The summed E-state index contributed by atoms with van der Waals surface area (Å²) in [5.74, 6) is -0.981. The van der Waals surface area contributed by atoms with Gasteiger partial charge in [0, 0.05) is 16.3 Å². The number of hydrogen-bond donors (Lipinski definition) is 0. The molecule has 0 N–H and O–H groups in total. The van der Waals surface area contributed by atoms with E-state index in [2.05, 4.69) is 9.97 Å². The van der Waals surface area contributed by atoms with Crippen LogP contribution in [0.25, 0.3) is 33.1 Å². The van der Waals surface area contributed by atoms with E-state index < -0.39 is 11.9 Å². The molecule has 2 aromatic heterocycles. The fourth-order valence-electron chi connectivity index (χ4n) is 3.92. The van der Waals surface area contributed by atoms with Crippen molar-refractivity contribution >= 4 is 39.6 Å². The molecular weight excluding hydrogens is 440 g/mol. The standard InChI is InChI=1S/C28H22N4O3/c1-18-12-14-23-21(16-18)26(20-9-4-3-5-10-20)31-28(30-23)32(17-25(33)35-2)27(34)24-15-13-19-8-6-7-11-22(19)29-24/h3-16H,17H2,1-2H3. The van der Waals surface area contributed by atoms with Gasteiger partial charge in [-0.3, -0.25) is 14.5 Å². The second-order valence-electron chi connectivity index (χ2n) is 8.12. The third-order valence-corrected chi connectivity index (χ3v) is 5.71. The van der Waals surface area contributed by atoms with Crippen LogP contribution < -0.4 is 4.90 Å². The lowest BCUT2D eigenvalue weighted by atomic mass is 10.0. The van der Waals surface area contributed by atoms with Gasteiger partial charge in [0.25, 0.3) is 5.91 Å². The van der Waals surface area contributed by atoms with E-state index in [1.165, 1.54) is 12.0 Å². The van der Waals surface area contributed by atoms with E-state index in [4.69, 9.17) is 9.72 Å². The number of rotatable bonds is 5. The minimum absolute atomic E-state index is 0.102. The molecule has 172 valence electrons. The zero-order valence-corrected chi connectivity index (χ0v) is 19.3. The zero-order chi connectivity index (χ0) is 24.4. The number of methoxy groups -OCH3 is 1. The number of para-hydroxylation sites is 1. The third-order valence-electron chi connectivity index (χ3n) is 5.71. The number of ether oxygens (including phenoxy) is 1. The molecule has 0 unspecified atom stereocenters. The molecule has 0 aliphatic carbocycles. The predicted molar refractivity (Wildman–Crippen MR) is 135 cm³/mol. The lowest BCUT2D eigenvalue weighted by molar-refractivity contribution is -0.138. The van der Waals surface area contributed by atoms with Crippen LogP contribution in [0.3, 0.4) is 0 Å². The number of amides is 1. The summed E-state index contributed by atoms with van der Waals surface area (Å²) in [6.45, 7) is 1.65. The van der Waals surface area contributed by atoms with Crippen LogP contribution in [0.2, 0.25) is 0 Å². The molecule has 5 rings (SSSR count). The van der Waals surface area contributed by atoms with Gasteiger partial charge in [0.05, 0.1) is 23.8 Å². The van der Waals surface area contributed by atoms with Crippen molar-refractivity contribution < 1.29 is 14.3 Å². The molecule has 0 radical (unpaired) electrons. The molecule has 1 amide bonds. The highest BCUT2D eigenvalue weighted by molar-refractivity contribution is 6.08. The highest BCUT2D eigenvalue weighted by Crippen LogP contribution is 2.29. The zero-order valence-electron chi connectivity index (χ0n) is 19.3. The van der Waals surface area contributed by atoms with Crippen LogP contribution in [0.1, 0.15) is 16.1 Å². The van der Waals surface area contributed by atoms with Gasteiger partial charge in [-0.05, 0) is 31.2 Å². The maximum absolute atomic E-state index is 13.7. The summed E-state index contributed by atoms with van der Waals surface area (Å²) in [5.41, 5.74) is 4.13. The normalized spacial score (nSPS) is 10.9. The Labute approximate surface area is 202 Å². The van der Waals surface area contributed by atoms with Gasteiger partial charge in [-0.15, -0.1) is 0 Å². The summed E-state index contributed by atoms with van der Waals surface area (Å²) in [5, 5.41) is 1.77. The summed E-state index contributed by atoms with van der Waals surface area (Å²) in [6.07, 6.45) is 0. The lowest BCUT2D eigenvalue weighted by Gasteiger charge is -2.21. The fraction of sp³-hybridized carbons (Fsp3) is 0.107. The Balaban J connectivity index is 1.68. The summed E-state index contributed by atoms with van der Waals surface area (Å²) in [6, 6.07) is 26.5. The number of anilines is 1. The van der Waals surface area contributed by atoms with E-state index in [1.807, 2.05) is 85.8 Å². The molecule has 7 nitrogen and oxygen atoms in total. The van der Waals surface area contributed by atoms with Crippen LogP contribution >= 0.6 is 0 Å². The van der Waals surface area contributed by atoms with Crippen molar-refractivity contribution in [2.24, 2.45) is 0 Å². The van der Waals surface area contributed by atoms with Gasteiger partial charge in [0.15, 0.2) is 0 Å². The third kappa shape index (κ3) is 4.44. The minimum Gasteiger partial charge on any atom is -0.468 e. The number of benzene rings is 3. The Hall–Kier alpha value is -4.65. The van der Waals surface area contributed by atoms with Gasteiger partial charge < -0.3 is 4.74 Å². The first-order chi connectivity index (χ1) is 17.0. The summed E-state index contributed by atoms with van der Waals surface area (Å²) in [4.78, 5) is 41.1. The molecular formula is C28H22N4O3. The Morgan fingerprint density at radius 3 is 2.40 bits per heavy atom. The molecule has 0 bridgehead atoms. The number of hydrogen-bond acceptors (Lipinski definition) is 6. The van der Waals surface area contributed by atoms with Gasteiger partial charge in [-0.1, -0.05) is 66.2 Å². The Bertz CT molecular complexity index is 1570. The second kappa shape index (κ2) is 9.30. The van der Waals surface area contributed by atoms with Crippen molar-refractivity contribution in [2.75, 3.05) is 18.6 Å². The number of nitrogens with zero attached hydrogens (tertiary/aromatic N) is 4. The van der Waals surface area contributed by atoms with Gasteiger partial charge >= 0.3 is 5.97 Å². The van der Waals surface area contributed by atoms with Gasteiger partial charge in [0.2, 0.25) is 5.95 Å². The number of esters is 1. The first kappa shape index (κ1) is 22.2. The Morgan fingerprint density at radius 1 is 0.829 bits per heavy atom. The molecule has 7 heteroatoms. The highest BCUT2D eigenvalue weighted by Gasteiger charge is 2.26. The molecule has 0 atom stereocenters. The molecule has 5 aromatic rings. The summed E-state index contributed by atoms with van der Waals surface area (Å²) in [7, 11) is 1.28. The molecule has 35 heavy (non-hydrogen) atoms. The molecule has 3 aromatic carbocycles. The monoisotopic (exact) mass is 462 g/mol. The number of carbonyl (C=O) groups is 2. The number of carbonyl (C=O) groups excluding carboxylic acids is 2. The molecule has 0 aliphatic heterocycles. The molecule has 0 saturated carbocycles. The largest absolute Gasteiger partial charge is 0.468 e. The van der Waals surface area contributed by atoms with E-state index in [-0.39, 0.29) is 18.2 Å². The molecule has 0 aliphatic rings. The molecule has 0 spiro atoms. The molecule has 0 saturated heterocycles. The van der Waals surface area contributed by atoms with Crippen molar-refractivity contribution in [3.63, 3.8) is 0 Å². The van der Waals surface area contributed by atoms with Crippen LogP contribution in [0.4, 0.5) is 5.95 Å². The summed E-state index contributed by atoms with van der Waals surface area (Å²) < 4.78 is 4.87. The second-order valence-corrected chi connectivity index (χ2v) is 8.12.